The highest BCUT2D eigenvalue weighted by Gasteiger charge is 2.05. The first kappa shape index (κ1) is 11.4. The number of nitrogens with zero attached hydrogens (tertiary/aromatic N) is 2. The van der Waals surface area contributed by atoms with Crippen molar-refractivity contribution in [2.45, 2.75) is 6.42 Å². The van der Waals surface area contributed by atoms with Crippen LogP contribution in [0.1, 0.15) is 17.0 Å². The summed E-state index contributed by atoms with van der Waals surface area (Å²) < 4.78 is 0. The second-order valence-electron chi connectivity index (χ2n) is 3.45. The van der Waals surface area contributed by atoms with Crippen LogP contribution >= 0.6 is 11.6 Å². The van der Waals surface area contributed by atoms with Gasteiger partial charge in [-0.05, 0) is 11.6 Å². The summed E-state index contributed by atoms with van der Waals surface area (Å²) in [5.41, 5.74) is 0.458. The molecule has 0 atom stereocenters. The number of hydrogen-bond donors (Lipinski definition) is 1. The van der Waals surface area contributed by atoms with Crippen LogP contribution in [0.15, 0.2) is 35.3 Å². The lowest BCUT2D eigenvalue weighted by Crippen LogP contribution is -2.14. The molecule has 17 heavy (non-hydrogen) atoms. The molecule has 0 saturated heterocycles. The summed E-state index contributed by atoms with van der Waals surface area (Å²) in [7, 11) is 0. The molecule has 1 N–H and O–H groups in total. The van der Waals surface area contributed by atoms with Crippen molar-refractivity contribution in [2.24, 2.45) is 0 Å². The summed E-state index contributed by atoms with van der Waals surface area (Å²) in [6, 6.07) is 9.10. The maximum absolute atomic E-state index is 11.4. The number of rotatable bonds is 2. The molecule has 5 heteroatoms. The van der Waals surface area contributed by atoms with Crippen molar-refractivity contribution < 1.29 is 0 Å². The van der Waals surface area contributed by atoms with Crippen molar-refractivity contribution in [3.8, 4) is 6.07 Å². The van der Waals surface area contributed by atoms with E-state index in [1.807, 2.05) is 18.2 Å². The van der Waals surface area contributed by atoms with Gasteiger partial charge < -0.3 is 4.98 Å². The Balaban J connectivity index is 2.32. The first-order chi connectivity index (χ1) is 8.20. The van der Waals surface area contributed by atoms with Crippen LogP contribution in [0.3, 0.4) is 0 Å². The molecule has 4 nitrogen and oxygen atoms in total. The molecule has 84 valence electrons. The van der Waals surface area contributed by atoms with E-state index < -0.39 is 5.56 Å². The fourth-order valence-electron chi connectivity index (χ4n) is 1.42. The predicted molar refractivity (Wildman–Crippen MR) is 63.8 cm³/mol. The first-order valence-electron chi connectivity index (χ1n) is 4.92. The van der Waals surface area contributed by atoms with Crippen LogP contribution < -0.4 is 5.56 Å². The highest BCUT2D eigenvalue weighted by Crippen LogP contribution is 2.16. The predicted octanol–water partition coefficient (Wildman–Crippen LogP) is 1.89. The minimum absolute atomic E-state index is 0.00732. The van der Waals surface area contributed by atoms with E-state index in [4.69, 9.17) is 16.9 Å². The number of hydrogen-bond acceptors (Lipinski definition) is 3. The van der Waals surface area contributed by atoms with Crippen molar-refractivity contribution in [2.75, 3.05) is 0 Å². The Hall–Kier alpha value is -2.12. The Labute approximate surface area is 103 Å². The third-order valence-corrected chi connectivity index (χ3v) is 2.66. The van der Waals surface area contributed by atoms with E-state index in [0.717, 1.165) is 5.56 Å². The molecule has 0 bridgehead atoms. The Morgan fingerprint density at radius 1 is 1.41 bits per heavy atom. The van der Waals surface area contributed by atoms with E-state index in [2.05, 4.69) is 9.97 Å². The van der Waals surface area contributed by atoms with Gasteiger partial charge in [-0.3, -0.25) is 4.79 Å². The minimum atomic E-state index is -0.426. The van der Waals surface area contributed by atoms with Gasteiger partial charge >= 0.3 is 0 Å². The van der Waals surface area contributed by atoms with Crippen LogP contribution in [0.2, 0.25) is 5.02 Å². The zero-order valence-electron chi connectivity index (χ0n) is 8.77. The number of nitrogens with one attached hydrogen (secondary N) is 1. The maximum Gasteiger partial charge on any atom is 0.268 e. The van der Waals surface area contributed by atoms with Crippen LogP contribution in [-0.2, 0) is 6.42 Å². The lowest BCUT2D eigenvalue weighted by Gasteiger charge is -2.03. The zero-order chi connectivity index (χ0) is 12.3. The second-order valence-corrected chi connectivity index (χ2v) is 3.86. The van der Waals surface area contributed by atoms with E-state index >= 15 is 0 Å². The monoisotopic (exact) mass is 245 g/mol. The topological polar surface area (TPSA) is 69.5 Å². The molecule has 0 spiro atoms. The van der Waals surface area contributed by atoms with Crippen molar-refractivity contribution in [1.29, 1.82) is 5.26 Å². The lowest BCUT2D eigenvalue weighted by atomic mass is 10.1. The van der Waals surface area contributed by atoms with Crippen LogP contribution in [0.4, 0.5) is 0 Å². The van der Waals surface area contributed by atoms with Gasteiger partial charge in [0.15, 0.2) is 0 Å². The van der Waals surface area contributed by atoms with Gasteiger partial charge in [0.05, 0.1) is 6.20 Å². The molecule has 0 amide bonds. The quantitative estimate of drug-likeness (QED) is 0.878. The SMILES string of the molecule is N#Cc1cnc(Cc2ccccc2Cl)[nH]c1=O. The fourth-order valence-corrected chi connectivity index (χ4v) is 1.63. The van der Waals surface area contributed by atoms with Crippen molar-refractivity contribution in [3.05, 3.63) is 62.8 Å². The van der Waals surface area contributed by atoms with Crippen LogP contribution in [0, 0.1) is 11.3 Å². The number of aromatic amines is 1. The van der Waals surface area contributed by atoms with Crippen molar-refractivity contribution >= 4 is 11.6 Å². The molecular formula is C12H8ClN3O. The molecule has 0 unspecified atom stereocenters. The molecule has 0 aliphatic carbocycles. The average molecular weight is 246 g/mol. The highest BCUT2D eigenvalue weighted by molar-refractivity contribution is 6.31. The first-order valence-corrected chi connectivity index (χ1v) is 5.30. The van der Waals surface area contributed by atoms with Gasteiger partial charge in [-0.1, -0.05) is 29.8 Å². The number of halogens is 1. The van der Waals surface area contributed by atoms with E-state index in [9.17, 15) is 4.79 Å². The van der Waals surface area contributed by atoms with E-state index in [1.165, 1.54) is 6.20 Å². The van der Waals surface area contributed by atoms with E-state index in [0.29, 0.717) is 17.3 Å². The molecule has 1 aromatic carbocycles. The molecular weight excluding hydrogens is 238 g/mol. The number of benzene rings is 1. The number of aromatic nitrogens is 2. The molecule has 0 aliphatic heterocycles. The van der Waals surface area contributed by atoms with Crippen LogP contribution in [-0.4, -0.2) is 9.97 Å². The van der Waals surface area contributed by atoms with Gasteiger partial charge in [-0.15, -0.1) is 0 Å². The fraction of sp³-hybridized carbons (Fsp3) is 0.0833. The summed E-state index contributed by atoms with van der Waals surface area (Å²) in [5, 5.41) is 9.24. The highest BCUT2D eigenvalue weighted by atomic mass is 35.5. The molecule has 2 rings (SSSR count). The average Bonchev–Trinajstić information content (AvgIpc) is 2.32. The second kappa shape index (κ2) is 4.81. The van der Waals surface area contributed by atoms with Crippen LogP contribution in [0.25, 0.3) is 0 Å². The van der Waals surface area contributed by atoms with Crippen molar-refractivity contribution in [3.63, 3.8) is 0 Å². The Morgan fingerprint density at radius 3 is 2.82 bits per heavy atom. The van der Waals surface area contributed by atoms with Crippen molar-refractivity contribution in [1.82, 2.24) is 9.97 Å². The van der Waals surface area contributed by atoms with Gasteiger partial charge in [0.25, 0.3) is 5.56 Å². The van der Waals surface area contributed by atoms with Crippen LogP contribution in [0.5, 0.6) is 0 Å². The molecule has 0 saturated carbocycles. The number of nitriles is 1. The zero-order valence-corrected chi connectivity index (χ0v) is 9.53. The van der Waals surface area contributed by atoms with Gasteiger partial charge in [0, 0.05) is 11.4 Å². The molecule has 1 aromatic heterocycles. The molecule has 0 fully saturated rings. The molecule has 1 heterocycles. The summed E-state index contributed by atoms with van der Waals surface area (Å²) in [4.78, 5) is 18.0. The minimum Gasteiger partial charge on any atom is -0.309 e. The molecule has 0 aliphatic rings. The largest absolute Gasteiger partial charge is 0.309 e. The summed E-state index contributed by atoms with van der Waals surface area (Å²) in [6.45, 7) is 0. The Morgan fingerprint density at radius 2 is 2.18 bits per heavy atom. The molecule has 0 radical (unpaired) electrons. The van der Waals surface area contributed by atoms with Gasteiger partial charge in [0.1, 0.15) is 17.5 Å². The lowest BCUT2D eigenvalue weighted by molar-refractivity contribution is 0.939. The number of H-pyrrole nitrogens is 1. The Bertz CT molecular complexity index is 643. The summed E-state index contributed by atoms with van der Waals surface area (Å²) >= 11 is 6.00. The third-order valence-electron chi connectivity index (χ3n) is 2.29. The smallest absolute Gasteiger partial charge is 0.268 e. The normalized spacial score (nSPS) is 9.88. The van der Waals surface area contributed by atoms with E-state index in [1.54, 1.807) is 12.1 Å². The van der Waals surface area contributed by atoms with Gasteiger partial charge in [0.2, 0.25) is 0 Å². The van der Waals surface area contributed by atoms with Gasteiger partial charge in [-0.25, -0.2) is 4.98 Å². The Kier molecular flexibility index (Phi) is 3.22. The van der Waals surface area contributed by atoms with E-state index in [-0.39, 0.29) is 5.56 Å². The molecule has 2 aromatic rings. The maximum atomic E-state index is 11.4. The third kappa shape index (κ3) is 2.52. The summed E-state index contributed by atoms with van der Waals surface area (Å²) in [6.07, 6.45) is 1.70. The van der Waals surface area contributed by atoms with Gasteiger partial charge in [-0.2, -0.15) is 5.26 Å². The standard InChI is InChI=1S/C12H8ClN3O/c13-10-4-2-1-3-8(10)5-11-15-7-9(6-14)12(17)16-11/h1-4,7H,5H2,(H,15,16,17). The summed E-state index contributed by atoms with van der Waals surface area (Å²) in [5.74, 6) is 0.488.